The zero-order valence-electron chi connectivity index (χ0n) is 8.45. The van der Waals surface area contributed by atoms with Crippen LogP contribution in [0.25, 0.3) is 0 Å². The summed E-state index contributed by atoms with van der Waals surface area (Å²) in [6.07, 6.45) is 0. The lowest BCUT2D eigenvalue weighted by molar-refractivity contribution is 1.20. The molecule has 0 amide bonds. The first kappa shape index (κ1) is 11.2. The Morgan fingerprint density at radius 1 is 0.812 bits per heavy atom. The van der Waals surface area contributed by atoms with E-state index in [2.05, 4.69) is 21.9 Å². The summed E-state index contributed by atoms with van der Waals surface area (Å²) in [5.74, 6) is 0. The fourth-order valence-electron chi connectivity index (χ4n) is 1.22. The van der Waals surface area contributed by atoms with Crippen molar-refractivity contribution < 1.29 is 0 Å². The van der Waals surface area contributed by atoms with Crippen molar-refractivity contribution in [3.8, 4) is 0 Å². The Hall–Kier alpha value is -1.26. The van der Waals surface area contributed by atoms with Crippen molar-refractivity contribution in [2.45, 2.75) is 4.90 Å². The van der Waals surface area contributed by atoms with Crippen LogP contribution in [-0.4, -0.2) is 0 Å². The summed E-state index contributed by atoms with van der Waals surface area (Å²) in [7, 11) is 1.37. The summed E-state index contributed by atoms with van der Waals surface area (Å²) in [5.41, 5.74) is 1.69. The molecule has 4 heteroatoms. The normalized spacial score (nSPS) is 10.8. The lowest BCUT2D eigenvalue weighted by Crippen LogP contribution is -1.68. The maximum absolute atomic E-state index is 4.20. The molecule has 0 aromatic heterocycles. The number of thiol groups is 1. The van der Waals surface area contributed by atoms with Gasteiger partial charge in [-0.2, -0.15) is 5.11 Å². The fourth-order valence-corrected chi connectivity index (χ4v) is 2.03. The van der Waals surface area contributed by atoms with E-state index < -0.39 is 0 Å². The van der Waals surface area contributed by atoms with Crippen LogP contribution in [0.1, 0.15) is 0 Å². The van der Waals surface area contributed by atoms with Gasteiger partial charge in [0, 0.05) is 4.90 Å². The second kappa shape index (κ2) is 5.72. The van der Waals surface area contributed by atoms with Crippen LogP contribution in [0.2, 0.25) is 0 Å². The van der Waals surface area contributed by atoms with Crippen molar-refractivity contribution in [1.82, 2.24) is 0 Å². The number of azo groups is 1. The summed E-state index contributed by atoms with van der Waals surface area (Å²) in [5, 5.41) is 8.37. The van der Waals surface area contributed by atoms with Crippen molar-refractivity contribution in [2.75, 3.05) is 0 Å². The van der Waals surface area contributed by atoms with Crippen LogP contribution in [0.15, 0.2) is 69.7 Å². The van der Waals surface area contributed by atoms with Gasteiger partial charge >= 0.3 is 0 Å². The molecule has 0 saturated carbocycles. The van der Waals surface area contributed by atoms with E-state index in [9.17, 15) is 0 Å². The monoisotopic (exact) mass is 246 g/mol. The molecule has 0 fully saturated rings. The van der Waals surface area contributed by atoms with Gasteiger partial charge in [-0.05, 0) is 24.3 Å². The Balaban J connectivity index is 2.24. The quantitative estimate of drug-likeness (QED) is 0.458. The Kier molecular flexibility index (Phi) is 4.02. The molecule has 0 atom stereocenters. The minimum Gasteiger partial charge on any atom is -0.151 e. The van der Waals surface area contributed by atoms with Crippen LogP contribution in [0, 0.1) is 0 Å². The predicted octanol–water partition coefficient (Wildman–Crippen LogP) is 5.04. The molecule has 0 aliphatic rings. The van der Waals surface area contributed by atoms with Gasteiger partial charge in [-0.1, -0.05) is 41.1 Å². The van der Waals surface area contributed by atoms with Gasteiger partial charge in [0.05, 0.1) is 5.69 Å². The third-order valence-corrected chi connectivity index (χ3v) is 3.13. The van der Waals surface area contributed by atoms with Crippen molar-refractivity contribution >= 4 is 33.8 Å². The first-order chi connectivity index (χ1) is 7.90. The van der Waals surface area contributed by atoms with Crippen LogP contribution in [0.4, 0.5) is 11.4 Å². The third-order valence-electron chi connectivity index (χ3n) is 1.99. The van der Waals surface area contributed by atoms with E-state index >= 15 is 0 Å². The molecule has 0 aliphatic heterocycles. The largest absolute Gasteiger partial charge is 0.151 e. The Bertz CT molecular complexity index is 483. The van der Waals surface area contributed by atoms with Gasteiger partial charge in [0.2, 0.25) is 0 Å². The summed E-state index contributed by atoms with van der Waals surface area (Å²) in [6.45, 7) is 0. The summed E-state index contributed by atoms with van der Waals surface area (Å²) in [6, 6.07) is 17.5. The number of nitrogens with zero attached hydrogens (tertiary/aromatic N) is 2. The van der Waals surface area contributed by atoms with Gasteiger partial charge in [0.1, 0.15) is 5.69 Å². The Morgan fingerprint density at radius 3 is 2.25 bits per heavy atom. The van der Waals surface area contributed by atoms with E-state index in [0.29, 0.717) is 0 Å². The van der Waals surface area contributed by atoms with Crippen molar-refractivity contribution in [2.24, 2.45) is 10.2 Å². The number of hydrogen-bond acceptors (Lipinski definition) is 4. The predicted molar refractivity (Wildman–Crippen MR) is 71.9 cm³/mol. The van der Waals surface area contributed by atoms with E-state index in [1.807, 2.05) is 54.6 Å². The van der Waals surface area contributed by atoms with Crippen LogP contribution in [0.3, 0.4) is 0 Å². The second-order valence-corrected chi connectivity index (χ2v) is 4.26. The van der Waals surface area contributed by atoms with Gasteiger partial charge in [-0.3, -0.25) is 0 Å². The van der Waals surface area contributed by atoms with Gasteiger partial charge in [-0.25, -0.2) is 0 Å². The van der Waals surface area contributed by atoms with Crippen molar-refractivity contribution in [3.05, 3.63) is 54.6 Å². The average molecular weight is 246 g/mol. The molecule has 0 N–H and O–H groups in total. The molecule has 0 unspecified atom stereocenters. The molecule has 80 valence electrons. The minimum atomic E-state index is 0.839. The molecule has 0 spiro atoms. The van der Waals surface area contributed by atoms with E-state index in [0.717, 1.165) is 16.3 Å². The smallest absolute Gasteiger partial charge is 0.100 e. The lowest BCUT2D eigenvalue weighted by Gasteiger charge is -1.98. The lowest BCUT2D eigenvalue weighted by atomic mass is 10.3. The molecule has 0 radical (unpaired) electrons. The Labute approximate surface area is 104 Å². The molecule has 0 saturated heterocycles. The fraction of sp³-hybridized carbons (Fsp3) is 0. The van der Waals surface area contributed by atoms with Gasteiger partial charge in [0.15, 0.2) is 0 Å². The van der Waals surface area contributed by atoms with E-state index in [1.165, 1.54) is 10.8 Å². The standard InChI is InChI=1S/C12H10N2S2/c15-16-12-9-5-4-8-11(12)14-13-10-6-2-1-3-7-10/h1-9,15H. The van der Waals surface area contributed by atoms with E-state index in [1.54, 1.807) is 0 Å². The van der Waals surface area contributed by atoms with Crippen molar-refractivity contribution in [3.63, 3.8) is 0 Å². The molecular formula is C12H10N2S2. The highest BCUT2D eigenvalue weighted by Crippen LogP contribution is 2.32. The van der Waals surface area contributed by atoms with Gasteiger partial charge in [-0.15, -0.1) is 16.8 Å². The first-order valence-electron chi connectivity index (χ1n) is 4.77. The maximum Gasteiger partial charge on any atom is 0.100 e. The zero-order chi connectivity index (χ0) is 11.2. The highest BCUT2D eigenvalue weighted by Gasteiger charge is 1.98. The molecule has 2 nitrogen and oxygen atoms in total. The third kappa shape index (κ3) is 2.87. The highest BCUT2D eigenvalue weighted by atomic mass is 33.1. The van der Waals surface area contributed by atoms with Crippen LogP contribution in [0.5, 0.6) is 0 Å². The summed E-state index contributed by atoms with van der Waals surface area (Å²) < 4.78 is 0. The number of rotatable bonds is 3. The van der Waals surface area contributed by atoms with Gasteiger partial charge < -0.3 is 0 Å². The summed E-state index contributed by atoms with van der Waals surface area (Å²) in [4.78, 5) is 1.01. The maximum atomic E-state index is 4.20. The topological polar surface area (TPSA) is 24.7 Å². The SMILES string of the molecule is SSc1ccccc1N=Nc1ccccc1. The van der Waals surface area contributed by atoms with Crippen LogP contribution >= 0.6 is 22.5 Å². The molecule has 0 bridgehead atoms. The van der Waals surface area contributed by atoms with Crippen molar-refractivity contribution in [1.29, 1.82) is 0 Å². The molecule has 2 aromatic rings. The zero-order valence-corrected chi connectivity index (χ0v) is 10.2. The highest BCUT2D eigenvalue weighted by molar-refractivity contribution is 8.68. The number of benzene rings is 2. The van der Waals surface area contributed by atoms with E-state index in [4.69, 9.17) is 0 Å². The minimum absolute atomic E-state index is 0.839. The average Bonchev–Trinajstić information content (AvgIpc) is 2.38. The second-order valence-electron chi connectivity index (χ2n) is 3.09. The summed E-state index contributed by atoms with van der Waals surface area (Å²) >= 11 is 4.18. The van der Waals surface area contributed by atoms with E-state index in [-0.39, 0.29) is 0 Å². The molecule has 0 aliphatic carbocycles. The van der Waals surface area contributed by atoms with Crippen LogP contribution < -0.4 is 0 Å². The van der Waals surface area contributed by atoms with Gasteiger partial charge in [0.25, 0.3) is 0 Å². The molecular weight excluding hydrogens is 236 g/mol. The Morgan fingerprint density at radius 2 is 1.50 bits per heavy atom. The molecule has 2 rings (SSSR count). The van der Waals surface area contributed by atoms with Crippen LogP contribution in [-0.2, 0) is 0 Å². The molecule has 0 heterocycles. The molecule has 16 heavy (non-hydrogen) atoms. The number of hydrogen-bond donors (Lipinski definition) is 1. The molecule has 2 aromatic carbocycles. The first-order valence-corrected chi connectivity index (χ1v) is 6.64.